The van der Waals surface area contributed by atoms with Crippen LogP contribution in [0.25, 0.3) is 11.3 Å². The van der Waals surface area contributed by atoms with E-state index in [-0.39, 0.29) is 6.61 Å². The van der Waals surface area contributed by atoms with Gasteiger partial charge in [-0.3, -0.25) is 5.10 Å². The molecule has 0 spiro atoms. The van der Waals surface area contributed by atoms with Crippen LogP contribution in [0.2, 0.25) is 0 Å². The zero-order valence-electron chi connectivity index (χ0n) is 13.0. The van der Waals surface area contributed by atoms with Gasteiger partial charge < -0.3 is 9.47 Å². The van der Waals surface area contributed by atoms with E-state index in [1.165, 1.54) is 31.5 Å². The maximum Gasteiger partial charge on any atom is 0.342 e. The Hall–Kier alpha value is -3.15. The smallest absolute Gasteiger partial charge is 0.342 e. The zero-order valence-corrected chi connectivity index (χ0v) is 13.0. The predicted molar refractivity (Wildman–Crippen MR) is 86.1 cm³/mol. The van der Waals surface area contributed by atoms with Crippen molar-refractivity contribution in [2.75, 3.05) is 7.11 Å². The number of hydrogen-bond acceptors (Lipinski definition) is 4. The molecule has 1 N–H and O–H groups in total. The van der Waals surface area contributed by atoms with E-state index in [0.29, 0.717) is 22.6 Å². The molecule has 3 aromatic rings. The molecule has 5 nitrogen and oxygen atoms in total. The number of nitrogens with zero attached hydrogens (tertiary/aromatic N) is 1. The van der Waals surface area contributed by atoms with Gasteiger partial charge in [0.2, 0.25) is 0 Å². The molecule has 0 aliphatic rings. The Morgan fingerprint density at radius 2 is 2.00 bits per heavy atom. The Kier molecular flexibility index (Phi) is 4.56. The number of rotatable bonds is 5. The summed E-state index contributed by atoms with van der Waals surface area (Å²) in [5, 5.41) is 6.71. The lowest BCUT2D eigenvalue weighted by atomic mass is 10.1. The van der Waals surface area contributed by atoms with Gasteiger partial charge in [0.05, 0.1) is 19.0 Å². The Morgan fingerprint density at radius 3 is 2.75 bits per heavy atom. The first kappa shape index (κ1) is 15.7. The summed E-state index contributed by atoms with van der Waals surface area (Å²) >= 11 is 0. The number of H-pyrrole nitrogens is 1. The van der Waals surface area contributed by atoms with Gasteiger partial charge in [0.15, 0.2) is 0 Å². The minimum atomic E-state index is -0.547. The van der Waals surface area contributed by atoms with Crippen molar-refractivity contribution in [3.63, 3.8) is 0 Å². The largest absolute Gasteiger partial charge is 0.496 e. The molecule has 0 fully saturated rings. The van der Waals surface area contributed by atoms with E-state index in [4.69, 9.17) is 9.47 Å². The number of carbonyl (C=O) groups excluding carboxylic acids is 1. The molecule has 0 unspecified atom stereocenters. The molecule has 6 heteroatoms. The summed E-state index contributed by atoms with van der Waals surface area (Å²) in [6.07, 6.45) is 1.41. The van der Waals surface area contributed by atoms with E-state index in [2.05, 4.69) is 10.2 Å². The van der Waals surface area contributed by atoms with E-state index in [0.717, 1.165) is 5.56 Å². The van der Waals surface area contributed by atoms with Crippen LogP contribution in [0.4, 0.5) is 4.39 Å². The third kappa shape index (κ3) is 3.27. The van der Waals surface area contributed by atoms with Crippen LogP contribution in [0.1, 0.15) is 15.9 Å². The summed E-state index contributed by atoms with van der Waals surface area (Å²) in [7, 11) is 1.47. The van der Waals surface area contributed by atoms with Gasteiger partial charge in [-0.1, -0.05) is 30.3 Å². The Labute approximate surface area is 138 Å². The minimum Gasteiger partial charge on any atom is -0.496 e. The molecular weight excluding hydrogens is 311 g/mol. The van der Waals surface area contributed by atoms with Crippen LogP contribution in [0.15, 0.2) is 54.7 Å². The number of methoxy groups -OCH3 is 1. The lowest BCUT2D eigenvalue weighted by Gasteiger charge is -2.09. The van der Waals surface area contributed by atoms with Crippen LogP contribution >= 0.6 is 0 Å². The number of aromatic nitrogens is 2. The number of aromatic amines is 1. The second-order valence-electron chi connectivity index (χ2n) is 5.06. The Balaban J connectivity index is 1.78. The van der Waals surface area contributed by atoms with Gasteiger partial charge in [0.1, 0.15) is 23.7 Å². The molecule has 0 amide bonds. The van der Waals surface area contributed by atoms with Crippen molar-refractivity contribution in [3.05, 3.63) is 71.7 Å². The summed E-state index contributed by atoms with van der Waals surface area (Å²) in [4.78, 5) is 12.3. The van der Waals surface area contributed by atoms with E-state index < -0.39 is 11.8 Å². The summed E-state index contributed by atoms with van der Waals surface area (Å²) in [5.41, 5.74) is 2.17. The van der Waals surface area contributed by atoms with Gasteiger partial charge in [0.25, 0.3) is 0 Å². The maximum atomic E-state index is 13.4. The van der Waals surface area contributed by atoms with Crippen molar-refractivity contribution >= 4 is 5.97 Å². The van der Waals surface area contributed by atoms with Gasteiger partial charge in [0, 0.05) is 11.1 Å². The van der Waals surface area contributed by atoms with Crippen LogP contribution in [-0.4, -0.2) is 23.3 Å². The van der Waals surface area contributed by atoms with Crippen LogP contribution in [0.3, 0.4) is 0 Å². The van der Waals surface area contributed by atoms with Crippen molar-refractivity contribution in [1.82, 2.24) is 10.2 Å². The fourth-order valence-corrected chi connectivity index (χ4v) is 2.35. The maximum absolute atomic E-state index is 13.4. The van der Waals surface area contributed by atoms with Crippen molar-refractivity contribution in [3.8, 4) is 17.0 Å². The molecule has 2 aromatic carbocycles. The number of nitrogens with one attached hydrogen (secondary N) is 1. The first-order valence-electron chi connectivity index (χ1n) is 7.27. The normalized spacial score (nSPS) is 10.4. The molecule has 0 saturated heterocycles. The standard InChI is InChI=1S/C18H15FN2O3/c1-23-16-8-7-14(19)9-13(16)11-24-18(22)15-10-20-21-17(15)12-5-3-2-4-6-12/h2-10H,11H2,1H3,(H,20,21). The van der Waals surface area contributed by atoms with Crippen LogP contribution in [0, 0.1) is 5.82 Å². The van der Waals surface area contributed by atoms with E-state index in [1.54, 1.807) is 0 Å². The third-order valence-electron chi connectivity index (χ3n) is 3.52. The fourth-order valence-electron chi connectivity index (χ4n) is 2.35. The van der Waals surface area contributed by atoms with E-state index >= 15 is 0 Å². The van der Waals surface area contributed by atoms with E-state index in [1.807, 2.05) is 30.3 Å². The molecule has 1 heterocycles. The number of carbonyl (C=O) groups is 1. The van der Waals surface area contributed by atoms with Gasteiger partial charge in [-0.25, -0.2) is 9.18 Å². The third-order valence-corrected chi connectivity index (χ3v) is 3.52. The van der Waals surface area contributed by atoms with Crippen molar-refractivity contribution < 1.29 is 18.7 Å². The van der Waals surface area contributed by atoms with Crippen molar-refractivity contribution in [1.29, 1.82) is 0 Å². The quantitative estimate of drug-likeness (QED) is 0.728. The van der Waals surface area contributed by atoms with Gasteiger partial charge >= 0.3 is 5.97 Å². The number of ether oxygens (including phenoxy) is 2. The van der Waals surface area contributed by atoms with Crippen LogP contribution < -0.4 is 4.74 Å². The molecule has 24 heavy (non-hydrogen) atoms. The first-order valence-corrected chi connectivity index (χ1v) is 7.27. The number of hydrogen-bond donors (Lipinski definition) is 1. The topological polar surface area (TPSA) is 64.2 Å². The second-order valence-corrected chi connectivity index (χ2v) is 5.06. The average Bonchev–Trinajstić information content (AvgIpc) is 3.10. The molecule has 0 bridgehead atoms. The highest BCUT2D eigenvalue weighted by atomic mass is 19.1. The van der Waals surface area contributed by atoms with E-state index in [9.17, 15) is 9.18 Å². The highest BCUT2D eigenvalue weighted by molar-refractivity contribution is 5.95. The minimum absolute atomic E-state index is 0.0980. The van der Waals surface area contributed by atoms with Gasteiger partial charge in [-0.05, 0) is 18.2 Å². The van der Waals surface area contributed by atoms with Crippen molar-refractivity contribution in [2.45, 2.75) is 6.61 Å². The Bertz CT molecular complexity index is 846. The monoisotopic (exact) mass is 326 g/mol. The molecule has 0 aliphatic carbocycles. The molecule has 122 valence electrons. The molecule has 3 rings (SSSR count). The highest BCUT2D eigenvalue weighted by Gasteiger charge is 2.17. The number of esters is 1. The Morgan fingerprint density at radius 1 is 1.21 bits per heavy atom. The fraction of sp³-hybridized carbons (Fsp3) is 0.111. The van der Waals surface area contributed by atoms with Crippen molar-refractivity contribution in [2.24, 2.45) is 0 Å². The summed E-state index contributed by atoms with van der Waals surface area (Å²) in [6.45, 7) is -0.0980. The van der Waals surface area contributed by atoms with Gasteiger partial charge in [-0.2, -0.15) is 5.10 Å². The molecule has 0 saturated carbocycles. The molecule has 0 aliphatic heterocycles. The lowest BCUT2D eigenvalue weighted by molar-refractivity contribution is 0.0470. The lowest BCUT2D eigenvalue weighted by Crippen LogP contribution is -2.07. The molecule has 0 atom stereocenters. The molecular formula is C18H15FN2O3. The summed E-state index contributed by atoms with van der Waals surface area (Å²) < 4.78 is 23.8. The highest BCUT2D eigenvalue weighted by Crippen LogP contribution is 2.23. The second kappa shape index (κ2) is 6.95. The molecule has 0 radical (unpaired) electrons. The molecule has 1 aromatic heterocycles. The average molecular weight is 326 g/mol. The summed E-state index contributed by atoms with van der Waals surface area (Å²) in [6, 6.07) is 13.4. The number of benzene rings is 2. The summed E-state index contributed by atoms with van der Waals surface area (Å²) in [5.74, 6) is -0.510. The first-order chi connectivity index (χ1) is 11.7. The van der Waals surface area contributed by atoms with Gasteiger partial charge in [-0.15, -0.1) is 0 Å². The SMILES string of the molecule is COc1ccc(F)cc1COC(=O)c1cn[nH]c1-c1ccccc1. The predicted octanol–water partition coefficient (Wildman–Crippen LogP) is 3.58. The van der Waals surface area contributed by atoms with Crippen LogP contribution in [0.5, 0.6) is 5.75 Å². The van der Waals surface area contributed by atoms with Crippen LogP contribution in [-0.2, 0) is 11.3 Å². The number of halogens is 1. The zero-order chi connectivity index (χ0) is 16.9.